The van der Waals surface area contributed by atoms with Gasteiger partial charge in [0.15, 0.2) is 5.96 Å². The Bertz CT molecular complexity index is 665. The third-order valence-corrected chi connectivity index (χ3v) is 5.53. The normalized spacial score (nSPS) is 18.2. The molecule has 1 aliphatic heterocycles. The number of aromatic nitrogens is 1. The van der Waals surface area contributed by atoms with Gasteiger partial charge in [-0.05, 0) is 25.3 Å². The molecule has 128 valence electrons. The zero-order chi connectivity index (χ0) is 16.8. The smallest absolute Gasteiger partial charge is 0.194 e. The first-order valence-electron chi connectivity index (χ1n) is 8.82. The van der Waals surface area contributed by atoms with E-state index in [2.05, 4.69) is 59.4 Å². The third-order valence-electron chi connectivity index (χ3n) is 4.41. The molecule has 1 atom stereocenters. The Hall–Kier alpha value is -1.88. The van der Waals surface area contributed by atoms with Gasteiger partial charge in [-0.3, -0.25) is 0 Å². The number of hydrogen-bond acceptors (Lipinski definition) is 3. The summed E-state index contributed by atoms with van der Waals surface area (Å²) in [6, 6.07) is 10.8. The number of nitrogens with one attached hydrogen (secondary N) is 1. The van der Waals surface area contributed by atoms with Gasteiger partial charge in [0.1, 0.15) is 5.01 Å². The van der Waals surface area contributed by atoms with Crippen molar-refractivity contribution in [1.82, 2.24) is 15.2 Å². The van der Waals surface area contributed by atoms with Crippen molar-refractivity contribution in [2.45, 2.75) is 39.2 Å². The highest BCUT2D eigenvalue weighted by Crippen LogP contribution is 2.27. The van der Waals surface area contributed by atoms with E-state index in [0.717, 1.165) is 37.0 Å². The summed E-state index contributed by atoms with van der Waals surface area (Å²) in [6.07, 6.45) is 4.21. The molecule has 2 heterocycles. The second-order valence-electron chi connectivity index (χ2n) is 6.09. The van der Waals surface area contributed by atoms with Gasteiger partial charge in [0, 0.05) is 36.6 Å². The van der Waals surface area contributed by atoms with Crippen LogP contribution in [0.4, 0.5) is 0 Å². The van der Waals surface area contributed by atoms with E-state index >= 15 is 0 Å². The van der Waals surface area contributed by atoms with Crippen molar-refractivity contribution < 1.29 is 0 Å². The van der Waals surface area contributed by atoms with Crippen molar-refractivity contribution in [3.63, 3.8) is 0 Å². The topological polar surface area (TPSA) is 40.5 Å². The Kier molecular flexibility index (Phi) is 5.86. The summed E-state index contributed by atoms with van der Waals surface area (Å²) in [7, 11) is 0. The maximum absolute atomic E-state index is 4.82. The summed E-state index contributed by atoms with van der Waals surface area (Å²) in [4.78, 5) is 13.0. The highest BCUT2D eigenvalue weighted by atomic mass is 32.1. The molecule has 1 unspecified atom stereocenters. The molecule has 1 aromatic heterocycles. The van der Waals surface area contributed by atoms with Crippen molar-refractivity contribution >= 4 is 17.3 Å². The lowest BCUT2D eigenvalue weighted by Crippen LogP contribution is -2.40. The Morgan fingerprint density at radius 1 is 1.33 bits per heavy atom. The Balaban J connectivity index is 1.66. The molecular weight excluding hydrogens is 316 g/mol. The van der Waals surface area contributed by atoms with E-state index in [-0.39, 0.29) is 0 Å². The molecule has 0 aliphatic carbocycles. The lowest BCUT2D eigenvalue weighted by Gasteiger charge is -2.21. The summed E-state index contributed by atoms with van der Waals surface area (Å²) in [6.45, 7) is 7.94. The van der Waals surface area contributed by atoms with Gasteiger partial charge in [-0.2, -0.15) is 0 Å². The number of aliphatic imine (C=N–C) groups is 1. The molecule has 5 heteroatoms. The minimum Gasteiger partial charge on any atom is -0.357 e. The molecule has 1 N–H and O–H groups in total. The van der Waals surface area contributed by atoms with Crippen LogP contribution < -0.4 is 5.32 Å². The molecule has 2 aromatic rings. The van der Waals surface area contributed by atoms with E-state index in [1.807, 2.05) is 6.20 Å². The van der Waals surface area contributed by atoms with Crippen molar-refractivity contribution in [2.75, 3.05) is 19.6 Å². The highest BCUT2D eigenvalue weighted by molar-refractivity contribution is 7.11. The molecule has 24 heavy (non-hydrogen) atoms. The molecule has 0 radical (unpaired) electrons. The molecule has 0 amide bonds. The molecule has 4 nitrogen and oxygen atoms in total. The van der Waals surface area contributed by atoms with E-state index < -0.39 is 0 Å². The first-order valence-corrected chi connectivity index (χ1v) is 9.63. The largest absolute Gasteiger partial charge is 0.357 e. The van der Waals surface area contributed by atoms with E-state index in [1.54, 1.807) is 11.3 Å². The van der Waals surface area contributed by atoms with Gasteiger partial charge in [0.2, 0.25) is 0 Å². The standard InChI is InChI=1S/C19H26N4S/c1-3-17-12-21-18(24-17)13-22-19(20-4-2)23-11-10-16(14-23)15-8-6-5-7-9-15/h5-9,12,16H,3-4,10-11,13-14H2,1-2H3,(H,20,22). The molecule has 1 aliphatic rings. The summed E-state index contributed by atoms with van der Waals surface area (Å²) < 4.78 is 0. The van der Waals surface area contributed by atoms with Gasteiger partial charge in [0.05, 0.1) is 6.54 Å². The fraction of sp³-hybridized carbons (Fsp3) is 0.474. The zero-order valence-electron chi connectivity index (χ0n) is 14.5. The molecule has 1 fully saturated rings. The fourth-order valence-electron chi connectivity index (χ4n) is 3.10. The zero-order valence-corrected chi connectivity index (χ0v) is 15.4. The van der Waals surface area contributed by atoms with Gasteiger partial charge in [-0.1, -0.05) is 37.3 Å². The minimum atomic E-state index is 0.599. The van der Waals surface area contributed by atoms with Crippen molar-refractivity contribution in [3.05, 3.63) is 52.0 Å². The lowest BCUT2D eigenvalue weighted by atomic mass is 9.99. The lowest BCUT2D eigenvalue weighted by molar-refractivity contribution is 0.486. The maximum atomic E-state index is 4.82. The van der Waals surface area contributed by atoms with Gasteiger partial charge in [0.25, 0.3) is 0 Å². The van der Waals surface area contributed by atoms with Gasteiger partial charge < -0.3 is 10.2 Å². The second-order valence-corrected chi connectivity index (χ2v) is 7.29. The van der Waals surface area contributed by atoms with Crippen LogP contribution in [-0.4, -0.2) is 35.5 Å². The van der Waals surface area contributed by atoms with E-state index in [9.17, 15) is 0 Å². The highest BCUT2D eigenvalue weighted by Gasteiger charge is 2.25. The fourth-order valence-corrected chi connectivity index (χ4v) is 3.89. The predicted molar refractivity (Wildman–Crippen MR) is 102 cm³/mol. The average molecular weight is 343 g/mol. The van der Waals surface area contributed by atoms with Crippen molar-refractivity contribution in [2.24, 2.45) is 4.99 Å². The number of likely N-dealkylation sites (tertiary alicyclic amines) is 1. The Labute approximate surface area is 148 Å². The van der Waals surface area contributed by atoms with Crippen LogP contribution in [0.1, 0.15) is 41.6 Å². The SMILES string of the molecule is CCNC(=NCc1ncc(CC)s1)N1CCC(c2ccccc2)C1. The van der Waals surface area contributed by atoms with E-state index in [4.69, 9.17) is 4.99 Å². The van der Waals surface area contributed by atoms with Crippen LogP contribution in [0.25, 0.3) is 0 Å². The minimum absolute atomic E-state index is 0.599. The monoisotopic (exact) mass is 342 g/mol. The number of guanidine groups is 1. The van der Waals surface area contributed by atoms with Crippen LogP contribution in [-0.2, 0) is 13.0 Å². The molecule has 1 aromatic carbocycles. The van der Waals surface area contributed by atoms with Gasteiger partial charge in [-0.15, -0.1) is 11.3 Å². The number of rotatable bonds is 5. The average Bonchev–Trinajstić information content (AvgIpc) is 3.29. The molecule has 0 spiro atoms. The second kappa shape index (κ2) is 8.29. The number of nitrogens with zero attached hydrogens (tertiary/aromatic N) is 3. The first-order chi connectivity index (χ1) is 11.8. The number of benzene rings is 1. The van der Waals surface area contributed by atoms with Crippen LogP contribution in [0, 0.1) is 0 Å². The molecule has 0 saturated carbocycles. The summed E-state index contributed by atoms with van der Waals surface area (Å²) >= 11 is 1.77. The molecule has 1 saturated heterocycles. The van der Waals surface area contributed by atoms with Crippen LogP contribution in [0.5, 0.6) is 0 Å². The predicted octanol–water partition coefficient (Wildman–Crippen LogP) is 3.66. The van der Waals surface area contributed by atoms with Crippen LogP contribution >= 0.6 is 11.3 Å². The van der Waals surface area contributed by atoms with Crippen LogP contribution in [0.2, 0.25) is 0 Å². The molecular formula is C19H26N4S. The summed E-state index contributed by atoms with van der Waals surface area (Å²) in [5, 5.41) is 4.54. The third kappa shape index (κ3) is 4.15. The quantitative estimate of drug-likeness (QED) is 0.666. The number of thiazole rings is 1. The maximum Gasteiger partial charge on any atom is 0.194 e. The first kappa shape index (κ1) is 17.0. The van der Waals surface area contributed by atoms with Crippen LogP contribution in [0.15, 0.2) is 41.5 Å². The van der Waals surface area contributed by atoms with Crippen molar-refractivity contribution in [1.29, 1.82) is 0 Å². The summed E-state index contributed by atoms with van der Waals surface area (Å²) in [5.41, 5.74) is 1.43. The van der Waals surface area contributed by atoms with Gasteiger partial charge >= 0.3 is 0 Å². The van der Waals surface area contributed by atoms with Crippen LogP contribution in [0.3, 0.4) is 0 Å². The van der Waals surface area contributed by atoms with Gasteiger partial charge in [-0.25, -0.2) is 9.98 Å². The number of hydrogen-bond donors (Lipinski definition) is 1. The molecule has 3 rings (SSSR count). The van der Waals surface area contributed by atoms with E-state index in [1.165, 1.54) is 16.9 Å². The van der Waals surface area contributed by atoms with Crippen molar-refractivity contribution in [3.8, 4) is 0 Å². The number of aryl methyl sites for hydroxylation is 1. The molecule has 0 bridgehead atoms. The Morgan fingerprint density at radius 2 is 2.17 bits per heavy atom. The van der Waals surface area contributed by atoms with E-state index in [0.29, 0.717) is 12.5 Å². The Morgan fingerprint density at radius 3 is 2.88 bits per heavy atom. The summed E-state index contributed by atoms with van der Waals surface area (Å²) in [5.74, 6) is 1.62.